The summed E-state index contributed by atoms with van der Waals surface area (Å²) in [7, 11) is 1.99. The van der Waals surface area contributed by atoms with Gasteiger partial charge in [-0.05, 0) is 85.1 Å². The summed E-state index contributed by atoms with van der Waals surface area (Å²) >= 11 is 0. The molecule has 0 amide bonds. The van der Waals surface area contributed by atoms with Crippen molar-refractivity contribution in [1.82, 2.24) is 10.3 Å². The summed E-state index contributed by atoms with van der Waals surface area (Å²) in [5, 5.41) is 4.28. The summed E-state index contributed by atoms with van der Waals surface area (Å²) < 4.78 is 13.8. The Hall–Kier alpha value is -1.90. The van der Waals surface area contributed by atoms with Crippen LogP contribution in [-0.2, 0) is 0 Å². The summed E-state index contributed by atoms with van der Waals surface area (Å²) in [4.78, 5) is 4.42. The van der Waals surface area contributed by atoms with Crippen LogP contribution in [0.25, 0.3) is 10.9 Å². The van der Waals surface area contributed by atoms with Gasteiger partial charge in [-0.3, -0.25) is 4.98 Å². The Kier molecular flexibility index (Phi) is 3.25. The van der Waals surface area contributed by atoms with Crippen molar-refractivity contribution in [2.75, 3.05) is 7.05 Å². The van der Waals surface area contributed by atoms with E-state index >= 15 is 0 Å². The van der Waals surface area contributed by atoms with Crippen molar-refractivity contribution in [3.8, 4) is 0 Å². The van der Waals surface area contributed by atoms with Crippen LogP contribution in [0.3, 0.4) is 0 Å². The first kappa shape index (κ1) is 15.4. The van der Waals surface area contributed by atoms with Gasteiger partial charge in [-0.2, -0.15) is 0 Å². The van der Waals surface area contributed by atoms with E-state index in [2.05, 4.69) is 22.9 Å². The lowest BCUT2D eigenvalue weighted by Crippen LogP contribution is -2.11. The van der Waals surface area contributed by atoms with Crippen molar-refractivity contribution in [1.29, 1.82) is 0 Å². The molecule has 0 aliphatic heterocycles. The van der Waals surface area contributed by atoms with Crippen LogP contribution in [0.1, 0.15) is 43.6 Å². The van der Waals surface area contributed by atoms with Crippen molar-refractivity contribution in [2.45, 2.75) is 38.0 Å². The lowest BCUT2D eigenvalue weighted by molar-refractivity contribution is 0.426. The number of aromatic nitrogens is 1. The van der Waals surface area contributed by atoms with Crippen molar-refractivity contribution in [2.24, 2.45) is 23.2 Å². The second-order valence-corrected chi connectivity index (χ2v) is 8.55. The number of pyridine rings is 1. The molecular formula is C22H25FN2. The molecule has 1 aromatic heterocycles. The number of nitrogens with zero attached hydrogens (tertiary/aromatic N) is 1. The molecule has 130 valence electrons. The standard InChI is InChI=1S/C22H25FN2/c1-13(24-2)20-12-22(20)10-15-7-14(8-16(15)11-22)18-5-6-25-21-4-3-17(23)9-19(18)21/h3-6,9,14-16,20,24H,1,7-8,10-12H2,2H3. The van der Waals surface area contributed by atoms with Crippen LogP contribution in [-0.4, -0.2) is 12.0 Å². The molecule has 0 bridgehead atoms. The zero-order valence-electron chi connectivity index (χ0n) is 14.8. The lowest BCUT2D eigenvalue weighted by atomic mass is 9.88. The average molecular weight is 336 g/mol. The van der Waals surface area contributed by atoms with E-state index in [1.165, 1.54) is 49.4 Å². The number of hydrogen-bond donors (Lipinski definition) is 1. The molecule has 5 rings (SSSR count). The highest BCUT2D eigenvalue weighted by Crippen LogP contribution is 2.71. The van der Waals surface area contributed by atoms with Crippen LogP contribution >= 0.6 is 0 Å². The quantitative estimate of drug-likeness (QED) is 0.851. The SMILES string of the molecule is C=C(NC)C1CC12CC1CC(c3ccnc4ccc(F)cc34)CC1C2. The van der Waals surface area contributed by atoms with E-state index in [1.54, 1.807) is 12.1 Å². The number of halogens is 1. The molecule has 3 saturated carbocycles. The minimum atomic E-state index is -0.162. The first-order chi connectivity index (χ1) is 12.1. The number of rotatable bonds is 3. The van der Waals surface area contributed by atoms with Gasteiger partial charge in [0.1, 0.15) is 5.82 Å². The molecule has 2 nitrogen and oxygen atoms in total. The zero-order valence-corrected chi connectivity index (χ0v) is 14.8. The molecule has 3 unspecified atom stereocenters. The molecular weight excluding hydrogens is 311 g/mol. The number of hydrogen-bond acceptors (Lipinski definition) is 2. The highest BCUT2D eigenvalue weighted by molar-refractivity contribution is 5.82. The van der Waals surface area contributed by atoms with Crippen LogP contribution < -0.4 is 5.32 Å². The Morgan fingerprint density at radius 3 is 2.68 bits per heavy atom. The predicted octanol–water partition coefficient (Wildman–Crippen LogP) is 5.02. The van der Waals surface area contributed by atoms with E-state index in [0.717, 1.165) is 22.7 Å². The van der Waals surface area contributed by atoms with E-state index in [-0.39, 0.29) is 5.82 Å². The molecule has 0 radical (unpaired) electrons. The molecule has 3 aliphatic rings. The monoisotopic (exact) mass is 336 g/mol. The topological polar surface area (TPSA) is 24.9 Å². The van der Waals surface area contributed by atoms with Gasteiger partial charge >= 0.3 is 0 Å². The molecule has 3 atom stereocenters. The van der Waals surface area contributed by atoms with Gasteiger partial charge in [0.2, 0.25) is 0 Å². The number of nitrogens with one attached hydrogen (secondary N) is 1. The fraction of sp³-hybridized carbons (Fsp3) is 0.500. The summed E-state index contributed by atoms with van der Waals surface area (Å²) in [6, 6.07) is 7.10. The second kappa shape index (κ2) is 5.30. The minimum Gasteiger partial charge on any atom is -0.392 e. The third-order valence-electron chi connectivity index (χ3n) is 7.29. The maximum absolute atomic E-state index is 13.8. The Balaban J connectivity index is 1.37. The Morgan fingerprint density at radius 2 is 1.96 bits per heavy atom. The van der Waals surface area contributed by atoms with Gasteiger partial charge in [0.25, 0.3) is 0 Å². The smallest absolute Gasteiger partial charge is 0.123 e. The van der Waals surface area contributed by atoms with Crippen LogP contribution in [0, 0.1) is 29.0 Å². The molecule has 1 aromatic carbocycles. The highest BCUT2D eigenvalue weighted by Gasteiger charge is 2.62. The Morgan fingerprint density at radius 1 is 1.20 bits per heavy atom. The van der Waals surface area contributed by atoms with E-state index < -0.39 is 0 Å². The normalized spacial score (nSPS) is 35.9. The second-order valence-electron chi connectivity index (χ2n) is 8.55. The third-order valence-corrected chi connectivity index (χ3v) is 7.29. The summed E-state index contributed by atoms with van der Waals surface area (Å²) in [6.45, 7) is 4.20. The number of benzene rings is 1. The molecule has 3 fully saturated rings. The van der Waals surface area contributed by atoms with Gasteiger partial charge in [-0.25, -0.2) is 4.39 Å². The summed E-state index contributed by atoms with van der Waals surface area (Å²) in [6.07, 6.45) is 8.43. The van der Waals surface area contributed by atoms with Crippen molar-refractivity contribution >= 4 is 10.9 Å². The maximum Gasteiger partial charge on any atom is 0.123 e. The molecule has 1 spiro atoms. The van der Waals surface area contributed by atoms with E-state index in [0.29, 0.717) is 17.3 Å². The molecule has 2 aromatic rings. The molecule has 3 heteroatoms. The van der Waals surface area contributed by atoms with Crippen LogP contribution in [0.2, 0.25) is 0 Å². The number of allylic oxidation sites excluding steroid dienone is 1. The zero-order chi connectivity index (χ0) is 17.2. The molecule has 1 N–H and O–H groups in total. The van der Waals surface area contributed by atoms with Gasteiger partial charge in [0, 0.05) is 30.2 Å². The van der Waals surface area contributed by atoms with Gasteiger partial charge in [0.15, 0.2) is 0 Å². The molecule has 1 heterocycles. The van der Waals surface area contributed by atoms with Crippen molar-refractivity contribution in [3.05, 3.63) is 54.1 Å². The Bertz CT molecular complexity index is 844. The van der Waals surface area contributed by atoms with Gasteiger partial charge in [-0.1, -0.05) is 6.58 Å². The fourth-order valence-electron chi connectivity index (χ4n) is 6.06. The molecule has 0 saturated heterocycles. The summed E-state index contributed by atoms with van der Waals surface area (Å²) in [5.41, 5.74) is 4.00. The first-order valence-corrected chi connectivity index (χ1v) is 9.50. The first-order valence-electron chi connectivity index (χ1n) is 9.50. The third kappa shape index (κ3) is 2.32. The summed E-state index contributed by atoms with van der Waals surface area (Å²) in [5.74, 6) is 2.75. The van der Waals surface area contributed by atoms with Crippen LogP contribution in [0.15, 0.2) is 42.7 Å². The van der Waals surface area contributed by atoms with Gasteiger partial charge < -0.3 is 5.32 Å². The van der Waals surface area contributed by atoms with Gasteiger partial charge in [0.05, 0.1) is 5.52 Å². The lowest BCUT2D eigenvalue weighted by Gasteiger charge is -2.17. The number of fused-ring (bicyclic) bond motifs is 2. The average Bonchev–Trinajstić information content (AvgIpc) is 2.99. The van der Waals surface area contributed by atoms with Gasteiger partial charge in [-0.15, -0.1) is 0 Å². The molecule has 25 heavy (non-hydrogen) atoms. The van der Waals surface area contributed by atoms with E-state index in [4.69, 9.17) is 0 Å². The maximum atomic E-state index is 13.8. The molecule has 3 aliphatic carbocycles. The van der Waals surface area contributed by atoms with Crippen LogP contribution in [0.5, 0.6) is 0 Å². The largest absolute Gasteiger partial charge is 0.392 e. The van der Waals surface area contributed by atoms with Crippen LogP contribution in [0.4, 0.5) is 4.39 Å². The minimum absolute atomic E-state index is 0.162. The predicted molar refractivity (Wildman–Crippen MR) is 98.6 cm³/mol. The van der Waals surface area contributed by atoms with E-state index in [9.17, 15) is 4.39 Å². The highest BCUT2D eigenvalue weighted by atomic mass is 19.1. The van der Waals surface area contributed by atoms with E-state index in [1.807, 2.05) is 13.2 Å². The fourth-order valence-corrected chi connectivity index (χ4v) is 6.06. The van der Waals surface area contributed by atoms with Crippen molar-refractivity contribution in [3.63, 3.8) is 0 Å². The van der Waals surface area contributed by atoms with Crippen molar-refractivity contribution < 1.29 is 4.39 Å². The Labute approximate surface area is 148 Å².